The molecule has 1 aromatic carbocycles. The van der Waals surface area contributed by atoms with Crippen molar-refractivity contribution in [2.24, 2.45) is 11.7 Å². The van der Waals surface area contributed by atoms with Crippen molar-refractivity contribution in [2.45, 2.75) is 50.5 Å². The number of hydrogen-bond acceptors (Lipinski definition) is 5. The fourth-order valence-electron chi connectivity index (χ4n) is 3.48. The molecule has 2 saturated carbocycles. The first-order valence-electron chi connectivity index (χ1n) is 8.75. The number of benzene rings is 1. The van der Waals surface area contributed by atoms with Crippen LogP contribution in [0.15, 0.2) is 18.2 Å². The van der Waals surface area contributed by atoms with Gasteiger partial charge in [-0.2, -0.15) is 4.68 Å². The van der Waals surface area contributed by atoms with E-state index in [4.69, 9.17) is 17.3 Å². The van der Waals surface area contributed by atoms with E-state index >= 15 is 0 Å². The molecule has 3 N–H and O–H groups in total. The van der Waals surface area contributed by atoms with Crippen LogP contribution in [-0.2, 0) is 4.79 Å². The normalized spacial score (nSPS) is 23.0. The summed E-state index contributed by atoms with van der Waals surface area (Å²) in [7, 11) is 0. The van der Waals surface area contributed by atoms with Gasteiger partial charge in [0.1, 0.15) is 0 Å². The van der Waals surface area contributed by atoms with E-state index in [-0.39, 0.29) is 17.9 Å². The Hall–Kier alpha value is -1.99. The van der Waals surface area contributed by atoms with Crippen LogP contribution in [0.1, 0.15) is 50.3 Å². The fraction of sp³-hybridized carbons (Fsp3) is 0.529. The Kier molecular flexibility index (Phi) is 4.43. The molecule has 0 unspecified atom stereocenters. The number of rotatable bonds is 5. The molecule has 132 valence electrons. The minimum absolute atomic E-state index is 0.0187. The Balaban J connectivity index is 1.51. The van der Waals surface area contributed by atoms with Crippen LogP contribution in [0.3, 0.4) is 0 Å². The monoisotopic (exact) mass is 360 g/mol. The lowest BCUT2D eigenvalue weighted by Crippen LogP contribution is -2.28. The zero-order valence-electron chi connectivity index (χ0n) is 13.9. The van der Waals surface area contributed by atoms with Crippen LogP contribution in [-0.4, -0.2) is 32.2 Å². The number of hydrogen-bond donors (Lipinski definition) is 2. The molecular weight excluding hydrogens is 340 g/mol. The van der Waals surface area contributed by atoms with Crippen molar-refractivity contribution in [3.05, 3.63) is 29.0 Å². The number of halogens is 1. The highest BCUT2D eigenvalue weighted by Gasteiger charge is 2.30. The minimum Gasteiger partial charge on any atom is -0.327 e. The smallest absolute Gasteiger partial charge is 0.224 e. The molecule has 2 fully saturated rings. The van der Waals surface area contributed by atoms with Gasteiger partial charge in [0.05, 0.1) is 10.7 Å². The van der Waals surface area contributed by atoms with E-state index in [0.717, 1.165) is 37.9 Å². The summed E-state index contributed by atoms with van der Waals surface area (Å²) < 4.78 is 1.67. The Morgan fingerprint density at radius 3 is 2.88 bits per heavy atom. The van der Waals surface area contributed by atoms with Crippen molar-refractivity contribution in [2.75, 3.05) is 5.32 Å². The molecule has 1 heterocycles. The largest absolute Gasteiger partial charge is 0.327 e. The summed E-state index contributed by atoms with van der Waals surface area (Å²) in [5.74, 6) is 1.47. The van der Waals surface area contributed by atoms with Gasteiger partial charge in [-0.15, -0.1) is 5.10 Å². The molecule has 4 rings (SSSR count). The molecular formula is C17H21ClN6O. The maximum absolute atomic E-state index is 12.3. The zero-order chi connectivity index (χ0) is 17.4. The van der Waals surface area contributed by atoms with E-state index in [1.807, 2.05) is 6.07 Å². The quantitative estimate of drug-likeness (QED) is 0.854. The minimum atomic E-state index is -0.0187. The predicted molar refractivity (Wildman–Crippen MR) is 94.7 cm³/mol. The average Bonchev–Trinajstić information content (AvgIpc) is 3.18. The first-order valence-corrected chi connectivity index (χ1v) is 9.13. The number of nitrogens with two attached hydrogens (primary N) is 1. The van der Waals surface area contributed by atoms with E-state index in [9.17, 15) is 4.79 Å². The first kappa shape index (κ1) is 16.5. The van der Waals surface area contributed by atoms with Crippen molar-refractivity contribution in [3.63, 3.8) is 0 Å². The number of amides is 1. The third-order valence-corrected chi connectivity index (χ3v) is 5.38. The Bertz CT molecular complexity index is 787. The molecule has 0 spiro atoms. The summed E-state index contributed by atoms with van der Waals surface area (Å²) in [4.78, 5) is 12.3. The standard InChI is InChI=1S/C17H21ClN6O/c18-13-7-6-12(20-16(25)8-11-2-1-3-14(11)19)9-15(13)24-17(10-4-5-10)21-22-23-24/h6-7,9-11,14H,1-5,8,19H2,(H,20,25)/t11-,14+/m0/s1. The van der Waals surface area contributed by atoms with E-state index in [0.29, 0.717) is 28.7 Å². The number of aromatic nitrogens is 4. The maximum Gasteiger partial charge on any atom is 0.224 e. The molecule has 25 heavy (non-hydrogen) atoms. The number of nitrogens with zero attached hydrogens (tertiary/aromatic N) is 4. The third kappa shape index (κ3) is 3.52. The molecule has 0 radical (unpaired) electrons. The Morgan fingerprint density at radius 2 is 2.16 bits per heavy atom. The Labute approximate surface area is 150 Å². The Morgan fingerprint density at radius 1 is 1.32 bits per heavy atom. The molecule has 7 nitrogen and oxygen atoms in total. The van der Waals surface area contributed by atoms with Crippen LogP contribution >= 0.6 is 11.6 Å². The number of carbonyl (C=O) groups is 1. The highest BCUT2D eigenvalue weighted by Crippen LogP contribution is 2.40. The lowest BCUT2D eigenvalue weighted by molar-refractivity contribution is -0.117. The number of carbonyl (C=O) groups excluding carboxylic acids is 1. The van der Waals surface area contributed by atoms with Crippen molar-refractivity contribution in [1.29, 1.82) is 0 Å². The van der Waals surface area contributed by atoms with E-state index < -0.39 is 0 Å². The molecule has 1 aromatic heterocycles. The highest BCUT2D eigenvalue weighted by atomic mass is 35.5. The fourth-order valence-corrected chi connectivity index (χ4v) is 3.68. The summed E-state index contributed by atoms with van der Waals surface area (Å²) in [6.45, 7) is 0. The molecule has 0 aliphatic heterocycles. The second-order valence-corrected chi connectivity index (χ2v) is 7.40. The lowest BCUT2D eigenvalue weighted by Gasteiger charge is -2.15. The molecule has 2 aliphatic carbocycles. The molecule has 1 amide bonds. The summed E-state index contributed by atoms with van der Waals surface area (Å²) in [6.07, 6.45) is 5.78. The molecule has 8 heteroatoms. The summed E-state index contributed by atoms with van der Waals surface area (Å²) in [6, 6.07) is 5.50. The maximum atomic E-state index is 12.3. The predicted octanol–water partition coefficient (Wildman–Crippen LogP) is 2.65. The van der Waals surface area contributed by atoms with E-state index in [1.165, 1.54) is 0 Å². The highest BCUT2D eigenvalue weighted by molar-refractivity contribution is 6.32. The van der Waals surface area contributed by atoms with E-state index in [2.05, 4.69) is 20.8 Å². The summed E-state index contributed by atoms with van der Waals surface area (Å²) >= 11 is 6.33. The van der Waals surface area contributed by atoms with Gasteiger partial charge in [0.15, 0.2) is 5.82 Å². The van der Waals surface area contributed by atoms with Gasteiger partial charge in [-0.25, -0.2) is 0 Å². The van der Waals surface area contributed by atoms with Gasteiger partial charge in [0.2, 0.25) is 5.91 Å². The van der Waals surface area contributed by atoms with Gasteiger partial charge >= 0.3 is 0 Å². The molecule has 0 saturated heterocycles. The van der Waals surface area contributed by atoms with Crippen molar-refractivity contribution in [3.8, 4) is 5.69 Å². The number of anilines is 1. The van der Waals surface area contributed by atoms with Gasteiger partial charge in [-0.3, -0.25) is 4.79 Å². The van der Waals surface area contributed by atoms with Gasteiger partial charge in [0.25, 0.3) is 0 Å². The van der Waals surface area contributed by atoms with Gasteiger partial charge in [-0.1, -0.05) is 18.0 Å². The molecule has 2 aliphatic rings. The average molecular weight is 361 g/mol. The first-order chi connectivity index (χ1) is 12.1. The molecule has 2 aromatic rings. The third-order valence-electron chi connectivity index (χ3n) is 5.06. The number of nitrogens with one attached hydrogen (secondary N) is 1. The topological polar surface area (TPSA) is 98.7 Å². The van der Waals surface area contributed by atoms with Crippen LogP contribution in [0.25, 0.3) is 5.69 Å². The lowest BCUT2D eigenvalue weighted by atomic mass is 10.00. The molecule has 0 bridgehead atoms. The van der Waals surface area contributed by atoms with Gasteiger partial charge in [0, 0.05) is 24.1 Å². The van der Waals surface area contributed by atoms with Crippen molar-refractivity contribution < 1.29 is 4.79 Å². The van der Waals surface area contributed by atoms with Gasteiger partial charge in [-0.05, 0) is 60.2 Å². The van der Waals surface area contributed by atoms with Crippen LogP contribution in [0.2, 0.25) is 5.02 Å². The van der Waals surface area contributed by atoms with Gasteiger partial charge < -0.3 is 11.1 Å². The van der Waals surface area contributed by atoms with Crippen molar-refractivity contribution in [1.82, 2.24) is 20.2 Å². The number of tetrazole rings is 1. The summed E-state index contributed by atoms with van der Waals surface area (Å²) in [5, 5.41) is 15.4. The van der Waals surface area contributed by atoms with Crippen LogP contribution in [0.5, 0.6) is 0 Å². The second-order valence-electron chi connectivity index (χ2n) is 7.00. The summed E-state index contributed by atoms with van der Waals surface area (Å²) in [5.41, 5.74) is 7.43. The SMILES string of the molecule is N[C@@H]1CCC[C@H]1CC(=O)Nc1ccc(Cl)c(-n2nnnc2C2CC2)c1. The molecule has 2 atom stereocenters. The zero-order valence-corrected chi connectivity index (χ0v) is 14.6. The second kappa shape index (κ2) is 6.72. The van der Waals surface area contributed by atoms with Crippen molar-refractivity contribution >= 4 is 23.2 Å². The van der Waals surface area contributed by atoms with Crippen LogP contribution in [0, 0.1) is 5.92 Å². The van der Waals surface area contributed by atoms with Crippen LogP contribution in [0.4, 0.5) is 5.69 Å². The van der Waals surface area contributed by atoms with E-state index in [1.54, 1.807) is 16.8 Å². The van der Waals surface area contributed by atoms with Crippen LogP contribution < -0.4 is 11.1 Å².